The van der Waals surface area contributed by atoms with Crippen LogP contribution < -0.4 is 16.0 Å². The quantitative estimate of drug-likeness (QED) is 0.647. The Morgan fingerprint density at radius 1 is 0.964 bits per heavy atom. The van der Waals surface area contributed by atoms with Crippen LogP contribution in [0.1, 0.15) is 10.4 Å². The van der Waals surface area contributed by atoms with Crippen LogP contribution in [0.2, 0.25) is 0 Å². The van der Waals surface area contributed by atoms with Crippen molar-refractivity contribution in [1.82, 2.24) is 10.6 Å². The van der Waals surface area contributed by atoms with Gasteiger partial charge in [-0.25, -0.2) is 13.6 Å². The average Bonchev–Trinajstić information content (AvgIpc) is 2.66. The first-order valence-corrected chi connectivity index (χ1v) is 7.90. The van der Waals surface area contributed by atoms with Gasteiger partial charge in [0.05, 0.1) is 5.69 Å². The third kappa shape index (κ3) is 6.48. The van der Waals surface area contributed by atoms with E-state index in [1.165, 1.54) is 30.3 Å². The van der Waals surface area contributed by atoms with Crippen LogP contribution in [0.5, 0.6) is 0 Å². The number of anilines is 1. The van der Waals surface area contributed by atoms with Crippen LogP contribution in [0.3, 0.4) is 0 Å². The number of benzene rings is 2. The summed E-state index contributed by atoms with van der Waals surface area (Å²) in [6, 6.07) is 9.15. The van der Waals surface area contributed by atoms with Gasteiger partial charge < -0.3 is 15.4 Å². The summed E-state index contributed by atoms with van der Waals surface area (Å²) in [4.78, 5) is 46.4. The fraction of sp³-hybridized carbons (Fsp3) is 0.111. The molecule has 3 N–H and O–H groups in total. The Hall–Kier alpha value is -3.82. The molecule has 0 atom stereocenters. The smallest absolute Gasteiger partial charge is 0.326 e. The first-order chi connectivity index (χ1) is 13.3. The normalized spacial score (nSPS) is 9.93. The minimum absolute atomic E-state index is 0.00959. The van der Waals surface area contributed by atoms with Gasteiger partial charge in [0, 0.05) is 5.56 Å². The molecule has 0 radical (unpaired) electrons. The molecule has 0 unspecified atom stereocenters. The molecule has 2 aromatic rings. The number of nitrogens with one attached hydrogen (secondary N) is 3. The molecule has 0 aliphatic heterocycles. The van der Waals surface area contributed by atoms with Gasteiger partial charge in [-0.15, -0.1) is 0 Å². The van der Waals surface area contributed by atoms with Crippen molar-refractivity contribution < 1.29 is 32.7 Å². The van der Waals surface area contributed by atoms with E-state index in [9.17, 15) is 28.0 Å². The molecule has 2 rings (SSSR count). The van der Waals surface area contributed by atoms with Crippen LogP contribution in [0.4, 0.5) is 19.3 Å². The molecule has 4 amide bonds. The molecule has 0 heterocycles. The molecule has 0 aliphatic carbocycles. The number of esters is 1. The number of rotatable bonds is 6. The van der Waals surface area contributed by atoms with Crippen LogP contribution >= 0.6 is 0 Å². The van der Waals surface area contributed by atoms with Gasteiger partial charge in [0.1, 0.15) is 18.2 Å². The Labute approximate surface area is 157 Å². The Morgan fingerprint density at radius 2 is 1.71 bits per heavy atom. The maximum Gasteiger partial charge on any atom is 0.326 e. The lowest BCUT2D eigenvalue weighted by Crippen LogP contribution is -2.38. The van der Waals surface area contributed by atoms with Crippen molar-refractivity contribution in [2.45, 2.75) is 0 Å². The average molecular weight is 391 g/mol. The van der Waals surface area contributed by atoms with Gasteiger partial charge >= 0.3 is 12.0 Å². The molecule has 28 heavy (non-hydrogen) atoms. The summed E-state index contributed by atoms with van der Waals surface area (Å²) in [5.74, 6) is -3.91. The molecule has 0 aromatic heterocycles. The van der Waals surface area contributed by atoms with Gasteiger partial charge in [0.15, 0.2) is 6.61 Å². The van der Waals surface area contributed by atoms with Gasteiger partial charge in [0.25, 0.3) is 11.8 Å². The number of imide groups is 1. The summed E-state index contributed by atoms with van der Waals surface area (Å²) in [5, 5.41) is 6.16. The van der Waals surface area contributed by atoms with Gasteiger partial charge in [-0.05, 0) is 30.3 Å². The zero-order valence-electron chi connectivity index (χ0n) is 14.3. The van der Waals surface area contributed by atoms with Gasteiger partial charge in [-0.3, -0.25) is 19.7 Å². The number of amides is 4. The highest BCUT2D eigenvalue weighted by molar-refractivity contribution is 6.02. The van der Waals surface area contributed by atoms with Gasteiger partial charge in [-0.1, -0.05) is 18.2 Å². The molecule has 10 heteroatoms. The van der Waals surface area contributed by atoms with Gasteiger partial charge in [0.2, 0.25) is 0 Å². The highest BCUT2D eigenvalue weighted by Gasteiger charge is 2.14. The number of hydrogen-bond donors (Lipinski definition) is 3. The van der Waals surface area contributed by atoms with E-state index in [1.54, 1.807) is 0 Å². The first-order valence-electron chi connectivity index (χ1n) is 7.90. The molecule has 0 aliphatic rings. The van der Waals surface area contributed by atoms with E-state index >= 15 is 0 Å². The first kappa shape index (κ1) is 20.5. The number of carbonyl (C=O) groups is 4. The molecule has 0 saturated carbocycles. The van der Waals surface area contributed by atoms with Crippen LogP contribution in [-0.2, 0) is 14.3 Å². The van der Waals surface area contributed by atoms with E-state index in [2.05, 4.69) is 15.4 Å². The second-order valence-corrected chi connectivity index (χ2v) is 5.34. The van der Waals surface area contributed by atoms with E-state index in [0.29, 0.717) is 0 Å². The maximum absolute atomic E-state index is 13.4. The molecule has 0 fully saturated rings. The monoisotopic (exact) mass is 391 g/mol. The van der Waals surface area contributed by atoms with Crippen molar-refractivity contribution in [2.75, 3.05) is 18.5 Å². The molecule has 8 nitrogen and oxygen atoms in total. The van der Waals surface area contributed by atoms with Crippen molar-refractivity contribution in [1.29, 1.82) is 0 Å². The topological polar surface area (TPSA) is 114 Å². The van der Waals surface area contributed by atoms with E-state index in [-0.39, 0.29) is 11.3 Å². The zero-order chi connectivity index (χ0) is 20.5. The zero-order valence-corrected chi connectivity index (χ0v) is 14.3. The summed E-state index contributed by atoms with van der Waals surface area (Å²) in [6.45, 7) is -1.36. The predicted octanol–water partition coefficient (Wildman–Crippen LogP) is 1.59. The van der Waals surface area contributed by atoms with Crippen LogP contribution in [0.25, 0.3) is 0 Å². The Balaban J connectivity index is 1.70. The van der Waals surface area contributed by atoms with Gasteiger partial charge in [-0.2, -0.15) is 0 Å². The van der Waals surface area contributed by atoms with E-state index in [4.69, 9.17) is 0 Å². The van der Waals surface area contributed by atoms with Crippen molar-refractivity contribution in [3.8, 4) is 0 Å². The number of para-hydroxylation sites is 1. The van der Waals surface area contributed by atoms with Crippen LogP contribution in [0, 0.1) is 11.6 Å². The lowest BCUT2D eigenvalue weighted by Gasteiger charge is -2.08. The van der Waals surface area contributed by atoms with Crippen LogP contribution in [-0.4, -0.2) is 37.0 Å². The molecule has 2 aromatic carbocycles. The van der Waals surface area contributed by atoms with Crippen molar-refractivity contribution in [3.63, 3.8) is 0 Å². The van der Waals surface area contributed by atoms with E-state index < -0.39 is 48.6 Å². The van der Waals surface area contributed by atoms with Crippen molar-refractivity contribution in [2.24, 2.45) is 0 Å². The lowest BCUT2D eigenvalue weighted by molar-refractivity contribution is -0.147. The third-order valence-electron chi connectivity index (χ3n) is 3.22. The molecular weight excluding hydrogens is 376 g/mol. The summed E-state index contributed by atoms with van der Waals surface area (Å²) < 4.78 is 31.0. The van der Waals surface area contributed by atoms with E-state index in [1.807, 2.05) is 5.32 Å². The fourth-order valence-electron chi connectivity index (χ4n) is 1.96. The number of hydrogen-bond acceptors (Lipinski definition) is 5. The molecule has 0 spiro atoms. The number of urea groups is 1. The SMILES string of the molecule is O=C(COC(=O)CNC(=O)c1cccc(F)c1)NC(=O)Nc1ccccc1F. The maximum atomic E-state index is 13.4. The summed E-state index contributed by atoms with van der Waals surface area (Å²) >= 11 is 0. The third-order valence-corrected chi connectivity index (χ3v) is 3.22. The summed E-state index contributed by atoms with van der Waals surface area (Å²) in [5.41, 5.74) is -0.125. The molecule has 146 valence electrons. The second kappa shape index (κ2) is 9.76. The molecular formula is C18H15F2N3O5. The predicted molar refractivity (Wildman–Crippen MR) is 93.3 cm³/mol. The number of halogens is 2. The van der Waals surface area contributed by atoms with E-state index in [0.717, 1.165) is 18.2 Å². The highest BCUT2D eigenvalue weighted by atomic mass is 19.1. The Bertz CT molecular complexity index is 904. The largest absolute Gasteiger partial charge is 0.454 e. The Morgan fingerprint density at radius 3 is 2.43 bits per heavy atom. The lowest BCUT2D eigenvalue weighted by atomic mass is 10.2. The number of ether oxygens (including phenoxy) is 1. The van der Waals surface area contributed by atoms with Crippen molar-refractivity contribution >= 4 is 29.5 Å². The summed E-state index contributed by atoms with van der Waals surface area (Å²) in [7, 11) is 0. The minimum atomic E-state index is -1.01. The fourth-order valence-corrected chi connectivity index (χ4v) is 1.96. The number of carbonyl (C=O) groups excluding carboxylic acids is 4. The van der Waals surface area contributed by atoms with Crippen LogP contribution in [0.15, 0.2) is 48.5 Å². The highest BCUT2D eigenvalue weighted by Crippen LogP contribution is 2.11. The minimum Gasteiger partial charge on any atom is -0.454 e. The summed E-state index contributed by atoms with van der Waals surface area (Å²) in [6.07, 6.45) is 0. The Kier molecular flexibility index (Phi) is 7.14. The second-order valence-electron chi connectivity index (χ2n) is 5.34. The molecule has 0 saturated heterocycles. The van der Waals surface area contributed by atoms with Crippen molar-refractivity contribution in [3.05, 3.63) is 65.7 Å². The molecule has 0 bridgehead atoms. The standard InChI is InChI=1S/C18H15F2N3O5/c19-12-5-3-4-11(8-12)17(26)21-9-16(25)28-10-15(24)23-18(27)22-14-7-2-1-6-13(14)20/h1-8H,9-10H2,(H,21,26)(H2,22,23,24,27).